The van der Waals surface area contributed by atoms with E-state index in [2.05, 4.69) is 38.1 Å². The fourth-order valence-electron chi connectivity index (χ4n) is 1.86. The molecule has 1 aromatic carbocycles. The maximum Gasteiger partial charge on any atom is 0.129 e. The molecule has 0 spiro atoms. The Kier molecular flexibility index (Phi) is 4.04. The van der Waals surface area contributed by atoms with Crippen LogP contribution in [0.1, 0.15) is 41.8 Å². The average molecular weight is 261 g/mol. The van der Waals surface area contributed by atoms with Crippen molar-refractivity contribution in [1.29, 1.82) is 0 Å². The Morgan fingerprint density at radius 1 is 1.11 bits per heavy atom. The molecule has 1 aromatic heterocycles. The summed E-state index contributed by atoms with van der Waals surface area (Å²) in [6, 6.07) is 10.5. The second-order valence-electron chi connectivity index (χ2n) is 4.69. The normalized spacial score (nSPS) is 12.7. The zero-order chi connectivity index (χ0) is 13.1. The van der Waals surface area contributed by atoms with Gasteiger partial charge >= 0.3 is 0 Å². The van der Waals surface area contributed by atoms with Gasteiger partial charge in [0.25, 0.3) is 0 Å². The molecule has 2 aromatic rings. The van der Waals surface area contributed by atoms with Crippen molar-refractivity contribution in [1.82, 2.24) is 0 Å². The van der Waals surface area contributed by atoms with Crippen molar-refractivity contribution in [2.75, 3.05) is 7.11 Å². The lowest BCUT2D eigenvalue weighted by molar-refractivity contribution is 0.416. The Bertz CT molecular complexity index is 501. The van der Waals surface area contributed by atoms with E-state index in [-0.39, 0.29) is 6.04 Å². The summed E-state index contributed by atoms with van der Waals surface area (Å²) in [4.78, 5) is 1.13. The van der Waals surface area contributed by atoms with Gasteiger partial charge in [0.2, 0.25) is 0 Å². The Morgan fingerprint density at radius 2 is 1.72 bits per heavy atom. The zero-order valence-corrected chi connectivity index (χ0v) is 11.8. The van der Waals surface area contributed by atoms with Gasteiger partial charge < -0.3 is 10.5 Å². The number of nitrogens with two attached hydrogens (primary N) is 1. The largest absolute Gasteiger partial charge is 0.496 e. The van der Waals surface area contributed by atoms with Gasteiger partial charge in [-0.3, -0.25) is 0 Å². The number of hydrogen-bond donors (Lipinski definition) is 1. The maximum absolute atomic E-state index is 6.27. The van der Waals surface area contributed by atoms with Crippen LogP contribution in [0.15, 0.2) is 35.7 Å². The summed E-state index contributed by atoms with van der Waals surface area (Å²) in [5.41, 5.74) is 8.75. The quantitative estimate of drug-likeness (QED) is 0.905. The fraction of sp³-hybridized carbons (Fsp3) is 0.333. The molecular formula is C15H19NOS. The van der Waals surface area contributed by atoms with Crippen LogP contribution in [-0.4, -0.2) is 7.11 Å². The van der Waals surface area contributed by atoms with Crippen molar-refractivity contribution < 1.29 is 4.74 Å². The first-order valence-corrected chi connectivity index (χ1v) is 6.97. The SMILES string of the molecule is COc1csc(C(N)c2ccc(C(C)C)cc2)c1. The fourth-order valence-corrected chi connectivity index (χ4v) is 2.74. The van der Waals surface area contributed by atoms with Crippen LogP contribution in [0.5, 0.6) is 5.75 Å². The van der Waals surface area contributed by atoms with E-state index in [1.165, 1.54) is 5.56 Å². The van der Waals surface area contributed by atoms with Gasteiger partial charge in [0.15, 0.2) is 0 Å². The van der Waals surface area contributed by atoms with Crippen molar-refractivity contribution in [3.05, 3.63) is 51.7 Å². The second kappa shape index (κ2) is 5.55. The molecule has 96 valence electrons. The van der Waals surface area contributed by atoms with Crippen LogP contribution in [0.25, 0.3) is 0 Å². The Balaban J connectivity index is 2.20. The maximum atomic E-state index is 6.27. The number of benzene rings is 1. The van der Waals surface area contributed by atoms with Crippen molar-refractivity contribution in [2.45, 2.75) is 25.8 Å². The van der Waals surface area contributed by atoms with Crippen molar-refractivity contribution >= 4 is 11.3 Å². The smallest absolute Gasteiger partial charge is 0.129 e. The van der Waals surface area contributed by atoms with E-state index in [0.29, 0.717) is 5.92 Å². The average Bonchev–Trinajstić information content (AvgIpc) is 2.86. The number of methoxy groups -OCH3 is 1. The highest BCUT2D eigenvalue weighted by atomic mass is 32.1. The molecule has 0 fully saturated rings. The summed E-state index contributed by atoms with van der Waals surface area (Å²) >= 11 is 1.64. The number of hydrogen-bond acceptors (Lipinski definition) is 3. The molecule has 18 heavy (non-hydrogen) atoms. The predicted molar refractivity (Wildman–Crippen MR) is 77.4 cm³/mol. The number of ether oxygens (including phenoxy) is 1. The topological polar surface area (TPSA) is 35.2 Å². The van der Waals surface area contributed by atoms with Crippen LogP contribution < -0.4 is 10.5 Å². The van der Waals surface area contributed by atoms with Crippen LogP contribution >= 0.6 is 11.3 Å². The number of rotatable bonds is 4. The lowest BCUT2D eigenvalue weighted by atomic mass is 9.99. The molecule has 0 aliphatic rings. The highest BCUT2D eigenvalue weighted by Crippen LogP contribution is 2.30. The summed E-state index contributed by atoms with van der Waals surface area (Å²) < 4.78 is 5.19. The first kappa shape index (κ1) is 13.1. The first-order valence-electron chi connectivity index (χ1n) is 6.09. The Labute approximate surface area is 112 Å². The zero-order valence-electron chi connectivity index (χ0n) is 11.0. The minimum Gasteiger partial charge on any atom is -0.496 e. The molecule has 0 saturated heterocycles. The molecular weight excluding hydrogens is 242 g/mol. The predicted octanol–water partition coefficient (Wildman–Crippen LogP) is 3.93. The molecule has 1 heterocycles. The van der Waals surface area contributed by atoms with Crippen molar-refractivity contribution in [3.8, 4) is 5.75 Å². The standard InChI is InChI=1S/C15H19NOS/c1-10(2)11-4-6-12(7-5-11)15(16)14-8-13(17-3)9-18-14/h4-10,15H,16H2,1-3H3. The molecule has 0 amide bonds. The molecule has 1 atom stereocenters. The summed E-state index contributed by atoms with van der Waals surface area (Å²) in [6.07, 6.45) is 0. The van der Waals surface area contributed by atoms with E-state index >= 15 is 0 Å². The van der Waals surface area contributed by atoms with Crippen LogP contribution in [0.4, 0.5) is 0 Å². The lowest BCUT2D eigenvalue weighted by Gasteiger charge is -2.12. The van der Waals surface area contributed by atoms with Crippen LogP contribution in [0.2, 0.25) is 0 Å². The van der Waals surface area contributed by atoms with Gasteiger partial charge in [-0.1, -0.05) is 38.1 Å². The van der Waals surface area contributed by atoms with E-state index < -0.39 is 0 Å². The van der Waals surface area contributed by atoms with Gasteiger partial charge in [-0.2, -0.15) is 0 Å². The van der Waals surface area contributed by atoms with Crippen molar-refractivity contribution in [2.24, 2.45) is 5.73 Å². The summed E-state index contributed by atoms with van der Waals surface area (Å²) in [6.45, 7) is 4.39. The van der Waals surface area contributed by atoms with E-state index in [0.717, 1.165) is 16.2 Å². The molecule has 3 heteroatoms. The molecule has 0 bridgehead atoms. The van der Waals surface area contributed by atoms with E-state index in [9.17, 15) is 0 Å². The third kappa shape index (κ3) is 2.74. The Hall–Kier alpha value is -1.32. The Morgan fingerprint density at radius 3 is 2.22 bits per heavy atom. The first-order chi connectivity index (χ1) is 8.61. The molecule has 1 unspecified atom stereocenters. The lowest BCUT2D eigenvalue weighted by Crippen LogP contribution is -2.10. The van der Waals surface area contributed by atoms with Crippen LogP contribution in [-0.2, 0) is 0 Å². The van der Waals surface area contributed by atoms with Gasteiger partial charge in [-0.15, -0.1) is 11.3 Å². The van der Waals surface area contributed by atoms with Crippen LogP contribution in [0, 0.1) is 0 Å². The van der Waals surface area contributed by atoms with Crippen molar-refractivity contribution in [3.63, 3.8) is 0 Å². The molecule has 2 rings (SSSR count). The second-order valence-corrected chi connectivity index (χ2v) is 5.63. The molecule has 0 aliphatic carbocycles. The van der Waals surface area contributed by atoms with E-state index in [4.69, 9.17) is 10.5 Å². The number of thiophene rings is 1. The minimum atomic E-state index is -0.0693. The van der Waals surface area contributed by atoms with Gasteiger partial charge in [-0.05, 0) is 23.1 Å². The highest BCUT2D eigenvalue weighted by molar-refractivity contribution is 7.10. The third-order valence-corrected chi connectivity index (χ3v) is 4.09. The molecule has 0 aliphatic heterocycles. The summed E-state index contributed by atoms with van der Waals surface area (Å²) in [5, 5.41) is 1.98. The monoisotopic (exact) mass is 261 g/mol. The molecule has 0 radical (unpaired) electrons. The summed E-state index contributed by atoms with van der Waals surface area (Å²) in [5.74, 6) is 1.43. The summed E-state index contributed by atoms with van der Waals surface area (Å²) in [7, 11) is 1.68. The minimum absolute atomic E-state index is 0.0693. The molecule has 2 nitrogen and oxygen atoms in total. The van der Waals surface area contributed by atoms with Gasteiger partial charge in [0.1, 0.15) is 5.75 Å². The van der Waals surface area contributed by atoms with E-state index in [1.54, 1.807) is 18.4 Å². The van der Waals surface area contributed by atoms with Gasteiger partial charge in [0, 0.05) is 10.3 Å². The van der Waals surface area contributed by atoms with Crippen LogP contribution in [0.3, 0.4) is 0 Å². The van der Waals surface area contributed by atoms with E-state index in [1.807, 2.05) is 11.4 Å². The molecule has 0 saturated carbocycles. The third-order valence-electron chi connectivity index (χ3n) is 3.10. The van der Waals surface area contributed by atoms with Gasteiger partial charge in [-0.25, -0.2) is 0 Å². The molecule has 2 N–H and O–H groups in total. The highest BCUT2D eigenvalue weighted by Gasteiger charge is 2.12. The van der Waals surface area contributed by atoms with Gasteiger partial charge in [0.05, 0.1) is 13.2 Å².